The van der Waals surface area contributed by atoms with Crippen LogP contribution >= 0.6 is 11.3 Å². The summed E-state index contributed by atoms with van der Waals surface area (Å²) in [5, 5.41) is 6.40. The molecule has 0 spiro atoms. The van der Waals surface area contributed by atoms with E-state index in [9.17, 15) is 9.59 Å². The number of ether oxygens (including phenoxy) is 2. The molecule has 0 aliphatic carbocycles. The Kier molecular flexibility index (Phi) is 7.70. The molecule has 0 saturated carbocycles. The van der Waals surface area contributed by atoms with Gasteiger partial charge in [0.25, 0.3) is 11.8 Å². The lowest BCUT2D eigenvalue weighted by atomic mass is 10.1. The van der Waals surface area contributed by atoms with Crippen LogP contribution in [0.1, 0.15) is 20.8 Å². The van der Waals surface area contributed by atoms with Gasteiger partial charge in [0.15, 0.2) is 10.8 Å². The Labute approximate surface area is 195 Å². The van der Waals surface area contributed by atoms with Gasteiger partial charge in [-0.25, -0.2) is 4.98 Å². The van der Waals surface area contributed by atoms with Crippen LogP contribution in [0.3, 0.4) is 0 Å². The maximum atomic E-state index is 12.8. The van der Waals surface area contributed by atoms with Crippen LogP contribution in [0.15, 0.2) is 42.5 Å². The highest BCUT2D eigenvalue weighted by atomic mass is 32.1. The first-order chi connectivity index (χ1) is 15.8. The summed E-state index contributed by atoms with van der Waals surface area (Å²) in [6.07, 6.45) is 0. The molecule has 0 unspecified atom stereocenters. The molecule has 33 heavy (non-hydrogen) atoms. The van der Waals surface area contributed by atoms with Crippen LogP contribution in [-0.4, -0.2) is 56.1 Å². The predicted molar refractivity (Wildman–Crippen MR) is 130 cm³/mol. The summed E-state index contributed by atoms with van der Waals surface area (Å²) in [6, 6.07) is 11.9. The van der Waals surface area contributed by atoms with Crippen molar-refractivity contribution in [3.63, 3.8) is 0 Å². The van der Waals surface area contributed by atoms with E-state index in [1.54, 1.807) is 43.5 Å². The average molecular weight is 471 g/mol. The molecule has 1 heterocycles. The minimum absolute atomic E-state index is 0.0408. The number of carbonyl (C=O) groups is 2. The molecule has 6 N–H and O–H groups in total. The third kappa shape index (κ3) is 6.34. The van der Waals surface area contributed by atoms with Gasteiger partial charge in [-0.3, -0.25) is 9.59 Å². The van der Waals surface area contributed by atoms with Crippen molar-refractivity contribution in [2.24, 2.45) is 5.73 Å². The normalized spacial score (nSPS) is 10.7. The van der Waals surface area contributed by atoms with E-state index in [-0.39, 0.29) is 10.7 Å². The number of thiazole rings is 1. The lowest BCUT2D eigenvalue weighted by Gasteiger charge is -2.13. The second-order valence-electron chi connectivity index (χ2n) is 7.27. The first-order valence-corrected chi connectivity index (χ1v) is 10.8. The number of aromatic nitrogens is 1. The largest absolute Gasteiger partial charge is 0.497 e. The van der Waals surface area contributed by atoms with Crippen molar-refractivity contribution in [2.45, 2.75) is 0 Å². The zero-order chi connectivity index (χ0) is 24.0. The summed E-state index contributed by atoms with van der Waals surface area (Å²) in [5.74, 6) is -0.00831. The number of primary amides is 1. The van der Waals surface area contributed by atoms with E-state index in [1.165, 1.54) is 6.07 Å². The van der Waals surface area contributed by atoms with Crippen LogP contribution in [0.4, 0.5) is 21.5 Å². The minimum Gasteiger partial charge on any atom is -0.497 e. The average Bonchev–Trinajstić information content (AvgIpc) is 3.17. The summed E-state index contributed by atoms with van der Waals surface area (Å²) < 4.78 is 10.8. The monoisotopic (exact) mass is 470 g/mol. The smallest absolute Gasteiger partial charge is 0.270 e. The first kappa shape index (κ1) is 23.8. The van der Waals surface area contributed by atoms with Crippen LogP contribution in [0, 0.1) is 0 Å². The van der Waals surface area contributed by atoms with Crippen molar-refractivity contribution in [1.29, 1.82) is 0 Å². The fourth-order valence-electron chi connectivity index (χ4n) is 2.76. The molecule has 174 valence electrons. The summed E-state index contributed by atoms with van der Waals surface area (Å²) in [7, 11) is 5.46. The number of nitrogens with one attached hydrogen (secondary N) is 2. The topological polar surface area (TPSA) is 145 Å². The predicted octanol–water partition coefficient (Wildman–Crippen LogP) is 2.77. The molecule has 0 radical (unpaired) electrons. The summed E-state index contributed by atoms with van der Waals surface area (Å²) in [6.45, 7) is 1.20. The van der Waals surface area contributed by atoms with Gasteiger partial charge in [-0.2, -0.15) is 0 Å². The van der Waals surface area contributed by atoms with Crippen molar-refractivity contribution in [1.82, 2.24) is 9.88 Å². The molecule has 3 aromatic rings. The van der Waals surface area contributed by atoms with E-state index in [2.05, 4.69) is 15.6 Å². The van der Waals surface area contributed by atoms with Crippen molar-refractivity contribution in [3.8, 4) is 11.5 Å². The van der Waals surface area contributed by atoms with Crippen molar-refractivity contribution >= 4 is 44.7 Å². The SMILES string of the molecule is COc1ccc(Nc2nc(C(N)=O)c(NC(=O)c3ccc(OCCN(C)C)c(N)c3)s2)cc1. The Morgan fingerprint density at radius 2 is 1.88 bits per heavy atom. The molecule has 0 fully saturated rings. The number of carbonyl (C=O) groups excluding carboxylic acids is 2. The Morgan fingerprint density at radius 1 is 1.15 bits per heavy atom. The van der Waals surface area contributed by atoms with E-state index in [4.69, 9.17) is 20.9 Å². The van der Waals surface area contributed by atoms with E-state index in [0.717, 1.165) is 23.6 Å². The molecule has 0 aliphatic heterocycles. The van der Waals surface area contributed by atoms with Crippen LogP contribution in [0.5, 0.6) is 11.5 Å². The number of nitrogen functional groups attached to an aromatic ring is 1. The Hall–Kier alpha value is -3.83. The minimum atomic E-state index is -0.756. The molecule has 0 aliphatic rings. The number of nitrogens with zero attached hydrogens (tertiary/aromatic N) is 2. The van der Waals surface area contributed by atoms with Gasteiger partial charge in [-0.1, -0.05) is 11.3 Å². The maximum absolute atomic E-state index is 12.8. The van der Waals surface area contributed by atoms with Crippen molar-refractivity contribution in [2.75, 3.05) is 50.7 Å². The summed E-state index contributed by atoms with van der Waals surface area (Å²) in [5.41, 5.74) is 12.8. The fraction of sp³-hybridized carbons (Fsp3) is 0.227. The van der Waals surface area contributed by atoms with Gasteiger partial charge in [0.1, 0.15) is 23.1 Å². The number of methoxy groups -OCH3 is 1. The second-order valence-corrected chi connectivity index (χ2v) is 8.27. The fourth-order valence-corrected chi connectivity index (χ4v) is 3.64. The molecule has 0 atom stereocenters. The molecule has 1 aromatic heterocycles. The Bertz CT molecular complexity index is 1130. The Morgan fingerprint density at radius 3 is 2.48 bits per heavy atom. The zero-order valence-corrected chi connectivity index (χ0v) is 19.4. The third-order valence-electron chi connectivity index (χ3n) is 4.50. The van der Waals surface area contributed by atoms with Crippen molar-refractivity contribution < 1.29 is 19.1 Å². The number of rotatable bonds is 10. The molecule has 0 bridgehead atoms. The van der Waals surface area contributed by atoms with Gasteiger partial charge in [0.05, 0.1) is 12.8 Å². The lowest BCUT2D eigenvalue weighted by molar-refractivity contribution is 0.0997. The molecular formula is C22H26N6O4S. The molecule has 2 amide bonds. The highest BCUT2D eigenvalue weighted by Crippen LogP contribution is 2.32. The molecule has 11 heteroatoms. The van der Waals surface area contributed by atoms with Gasteiger partial charge in [0.2, 0.25) is 0 Å². The van der Waals surface area contributed by atoms with Gasteiger partial charge in [-0.15, -0.1) is 0 Å². The summed E-state index contributed by atoms with van der Waals surface area (Å²) in [4.78, 5) is 30.8. The zero-order valence-electron chi connectivity index (χ0n) is 18.5. The van der Waals surface area contributed by atoms with Gasteiger partial charge >= 0.3 is 0 Å². The highest BCUT2D eigenvalue weighted by molar-refractivity contribution is 7.20. The van der Waals surface area contributed by atoms with Gasteiger partial charge in [0, 0.05) is 17.8 Å². The third-order valence-corrected chi connectivity index (χ3v) is 5.38. The number of hydrogen-bond donors (Lipinski definition) is 4. The Balaban J connectivity index is 1.73. The van der Waals surface area contributed by atoms with Crippen molar-refractivity contribution in [3.05, 3.63) is 53.7 Å². The van der Waals surface area contributed by atoms with E-state index in [1.807, 2.05) is 19.0 Å². The number of amides is 2. The maximum Gasteiger partial charge on any atom is 0.270 e. The van der Waals surface area contributed by atoms with E-state index in [0.29, 0.717) is 34.5 Å². The standard InChI is InChI=1S/C22H26N6O4S/c1-28(2)10-11-32-17-9-4-13(12-16(17)23)20(30)27-21-18(19(24)29)26-22(33-21)25-14-5-7-15(31-3)8-6-14/h4-9,12H,10-11,23H2,1-3H3,(H2,24,29)(H,25,26)(H,27,30). The molecule has 2 aromatic carbocycles. The van der Waals surface area contributed by atoms with E-state index >= 15 is 0 Å². The number of benzene rings is 2. The number of nitrogens with two attached hydrogens (primary N) is 2. The van der Waals surface area contributed by atoms with Crippen LogP contribution in [0.25, 0.3) is 0 Å². The lowest BCUT2D eigenvalue weighted by Crippen LogP contribution is -2.20. The number of hydrogen-bond acceptors (Lipinski definition) is 9. The van der Waals surface area contributed by atoms with Crippen LogP contribution < -0.4 is 31.6 Å². The van der Waals surface area contributed by atoms with Gasteiger partial charge < -0.3 is 36.5 Å². The number of likely N-dealkylation sites (N-methyl/N-ethyl adjacent to an activating group) is 1. The molecule has 3 rings (SSSR count). The molecular weight excluding hydrogens is 444 g/mol. The molecule has 10 nitrogen and oxygen atoms in total. The van der Waals surface area contributed by atoms with E-state index < -0.39 is 11.8 Å². The van der Waals surface area contributed by atoms with Crippen LogP contribution in [0.2, 0.25) is 0 Å². The quantitative estimate of drug-likeness (QED) is 0.331. The highest BCUT2D eigenvalue weighted by Gasteiger charge is 2.19. The second kappa shape index (κ2) is 10.7. The molecule has 0 saturated heterocycles. The first-order valence-electron chi connectivity index (χ1n) is 9.97. The van der Waals surface area contributed by atoms with Crippen LogP contribution in [-0.2, 0) is 0 Å². The van der Waals surface area contributed by atoms with Gasteiger partial charge in [-0.05, 0) is 56.6 Å². The number of anilines is 4. The summed E-state index contributed by atoms with van der Waals surface area (Å²) >= 11 is 1.09.